The fourth-order valence-corrected chi connectivity index (χ4v) is 6.11. The molecule has 0 bridgehead atoms. The van der Waals surface area contributed by atoms with E-state index >= 15 is 0 Å². The third kappa shape index (κ3) is 6.48. The van der Waals surface area contributed by atoms with Gasteiger partial charge in [-0.05, 0) is 92.8 Å². The molecule has 1 fully saturated rings. The quantitative estimate of drug-likeness (QED) is 0.203. The molecule has 1 amide bonds. The molecule has 10 nitrogen and oxygen atoms in total. The number of hydrazone groups is 1. The molecule has 44 heavy (non-hydrogen) atoms. The maximum Gasteiger partial charge on any atom is 0.407 e. The highest BCUT2D eigenvalue weighted by Crippen LogP contribution is 2.37. The van der Waals surface area contributed by atoms with Crippen molar-refractivity contribution in [1.82, 2.24) is 10.7 Å². The number of nitrogens with zero attached hydrogens (tertiary/aromatic N) is 1. The number of aryl methyl sites for hydroxylation is 2. The number of rotatable bonds is 8. The average Bonchev–Trinajstić information content (AvgIpc) is 2.99. The minimum Gasteiger partial charge on any atom is -0.505 e. The van der Waals surface area contributed by atoms with Crippen molar-refractivity contribution in [3.8, 4) is 16.9 Å². The second kappa shape index (κ2) is 13.6. The van der Waals surface area contributed by atoms with Crippen LogP contribution in [0.2, 0.25) is 0 Å². The molecule has 0 spiro atoms. The van der Waals surface area contributed by atoms with E-state index in [4.69, 9.17) is 24.1 Å². The number of aromatic hydroxyl groups is 1. The Bertz CT molecular complexity index is 1680. The fraction of sp³-hybridized carbons (Fsp3) is 0.424. The Hall–Kier alpha value is -4.22. The number of hydrogen-bond acceptors (Lipinski definition) is 9. The first-order valence-corrected chi connectivity index (χ1v) is 14.9. The number of benzene rings is 2. The summed E-state index contributed by atoms with van der Waals surface area (Å²) in [5.41, 5.74) is 7.99. The van der Waals surface area contributed by atoms with Crippen LogP contribution < -0.4 is 16.4 Å². The normalized spacial score (nSPS) is 18.6. The maximum atomic E-state index is 14.8. The van der Waals surface area contributed by atoms with Gasteiger partial charge in [-0.3, -0.25) is 5.43 Å². The topological polar surface area (TPSA) is 143 Å². The molecule has 3 aromatic rings. The van der Waals surface area contributed by atoms with E-state index in [1.807, 2.05) is 31.2 Å². The molecule has 234 valence electrons. The number of ether oxygens (including phenoxy) is 2. The Morgan fingerprint density at radius 1 is 1.16 bits per heavy atom. The number of aliphatic hydroxyl groups excluding tert-OH is 1. The molecule has 0 radical (unpaired) electrons. The number of alkyl carbamates (subject to hydrolysis) is 1. The number of carbonyl (C=O) groups is 1. The third-order valence-electron chi connectivity index (χ3n) is 8.36. The number of phenolic OH excluding ortho intramolecular Hbond substituents is 1. The van der Waals surface area contributed by atoms with E-state index in [1.54, 1.807) is 19.9 Å². The van der Waals surface area contributed by atoms with E-state index in [2.05, 4.69) is 10.7 Å². The molecule has 2 heterocycles. The summed E-state index contributed by atoms with van der Waals surface area (Å²) in [5, 5.41) is 26.7. The van der Waals surface area contributed by atoms with Gasteiger partial charge in [0.15, 0.2) is 11.3 Å². The van der Waals surface area contributed by atoms with Gasteiger partial charge in [-0.25, -0.2) is 9.59 Å². The summed E-state index contributed by atoms with van der Waals surface area (Å²) in [6, 6.07) is 9.13. The first-order chi connectivity index (χ1) is 21.2. The lowest BCUT2D eigenvalue weighted by atomic mass is 9.79. The van der Waals surface area contributed by atoms with Gasteiger partial charge < -0.3 is 29.4 Å². The smallest absolute Gasteiger partial charge is 0.407 e. The molecule has 2 atom stereocenters. The van der Waals surface area contributed by atoms with Gasteiger partial charge in [-0.2, -0.15) is 9.49 Å². The summed E-state index contributed by atoms with van der Waals surface area (Å²) in [7, 11) is 0. The molecular formula is C33H38FN3O7. The van der Waals surface area contributed by atoms with Crippen molar-refractivity contribution >= 4 is 22.8 Å². The summed E-state index contributed by atoms with van der Waals surface area (Å²) in [4.78, 5) is 25.5. The largest absolute Gasteiger partial charge is 0.505 e. The van der Waals surface area contributed by atoms with Crippen molar-refractivity contribution in [2.45, 2.75) is 59.0 Å². The van der Waals surface area contributed by atoms with Gasteiger partial charge in [0.05, 0.1) is 31.1 Å². The first-order valence-electron chi connectivity index (χ1n) is 14.9. The van der Waals surface area contributed by atoms with Gasteiger partial charge in [0, 0.05) is 23.5 Å². The zero-order valence-electron chi connectivity index (χ0n) is 25.2. The van der Waals surface area contributed by atoms with Crippen LogP contribution in [0.3, 0.4) is 0 Å². The van der Waals surface area contributed by atoms with Gasteiger partial charge in [0.2, 0.25) is 5.82 Å². The molecule has 0 saturated heterocycles. The van der Waals surface area contributed by atoms with Crippen molar-refractivity contribution < 1.29 is 33.3 Å². The Morgan fingerprint density at radius 2 is 1.95 bits per heavy atom. The molecular weight excluding hydrogens is 569 g/mol. The Kier molecular flexibility index (Phi) is 9.65. The highest BCUT2D eigenvalue weighted by atomic mass is 19.1. The van der Waals surface area contributed by atoms with Crippen LogP contribution in [-0.4, -0.2) is 54.5 Å². The van der Waals surface area contributed by atoms with Crippen molar-refractivity contribution in [2.75, 3.05) is 26.4 Å². The van der Waals surface area contributed by atoms with Gasteiger partial charge in [0.1, 0.15) is 6.10 Å². The van der Waals surface area contributed by atoms with Crippen LogP contribution in [0, 0.1) is 25.6 Å². The summed E-state index contributed by atoms with van der Waals surface area (Å²) >= 11 is 0. The number of aliphatic hydroxyl groups is 1. The average molecular weight is 608 g/mol. The van der Waals surface area contributed by atoms with Crippen molar-refractivity contribution in [2.24, 2.45) is 11.0 Å². The molecule has 2 aliphatic rings. The number of allylic oxidation sites excluding steroid dienone is 2. The number of carbonyl (C=O) groups excluding carboxylic acids is 1. The summed E-state index contributed by atoms with van der Waals surface area (Å²) < 4.78 is 31.0. The van der Waals surface area contributed by atoms with Gasteiger partial charge in [-0.15, -0.1) is 0 Å². The van der Waals surface area contributed by atoms with Crippen molar-refractivity contribution in [1.29, 1.82) is 0 Å². The number of fused-ring (bicyclic) bond motifs is 2. The zero-order valence-corrected chi connectivity index (χ0v) is 25.2. The Morgan fingerprint density at radius 3 is 2.75 bits per heavy atom. The molecule has 11 heteroatoms. The number of phenols is 1. The van der Waals surface area contributed by atoms with Crippen LogP contribution in [0.15, 0.2) is 55.9 Å². The second-order valence-electron chi connectivity index (χ2n) is 11.3. The molecule has 2 unspecified atom stereocenters. The van der Waals surface area contributed by atoms with E-state index in [0.717, 1.165) is 36.2 Å². The molecule has 1 aromatic heterocycles. The molecule has 1 saturated carbocycles. The lowest BCUT2D eigenvalue weighted by Crippen LogP contribution is -2.34. The fourth-order valence-electron chi connectivity index (χ4n) is 6.11. The summed E-state index contributed by atoms with van der Waals surface area (Å²) in [6.07, 6.45) is 3.05. The highest BCUT2D eigenvalue weighted by molar-refractivity contribution is 6.05. The Balaban J connectivity index is 1.38. The van der Waals surface area contributed by atoms with E-state index in [1.165, 1.54) is 5.57 Å². The van der Waals surface area contributed by atoms with E-state index in [9.17, 15) is 19.1 Å². The lowest BCUT2D eigenvalue weighted by Gasteiger charge is -2.32. The third-order valence-corrected chi connectivity index (χ3v) is 8.36. The van der Waals surface area contributed by atoms with E-state index < -0.39 is 23.3 Å². The standard InChI is InChI=1S/C33H38FN3O7/c1-18-16-26-19(2)27(32(40)44-31(26)28(34)30(18)39)21-6-4-7-22(17-21)29-25-11-10-23(8-5-9-24(25)20(3)36-37-29)43-33(41)35-12-14-42-15-13-38/h4,6-7,16-17,23,25,36,38-39H,5,8-15H2,1-3H3,(H,35,41). The number of hydrogen-bond donors (Lipinski definition) is 4. The summed E-state index contributed by atoms with van der Waals surface area (Å²) in [6.45, 7) is 6.10. The van der Waals surface area contributed by atoms with Crippen molar-refractivity contribution in [3.05, 3.63) is 74.5 Å². The monoisotopic (exact) mass is 607 g/mol. The van der Waals surface area contributed by atoms with Crippen molar-refractivity contribution in [3.63, 3.8) is 0 Å². The van der Waals surface area contributed by atoms with Gasteiger partial charge in [-0.1, -0.05) is 18.2 Å². The van der Waals surface area contributed by atoms with Crippen LogP contribution >= 0.6 is 0 Å². The Labute approximate surface area is 254 Å². The minimum absolute atomic E-state index is 0.0123. The molecule has 4 N–H and O–H groups in total. The number of halogens is 1. The van der Waals surface area contributed by atoms with Crippen LogP contribution in [0.4, 0.5) is 9.18 Å². The highest BCUT2D eigenvalue weighted by Gasteiger charge is 2.31. The van der Waals surface area contributed by atoms with E-state index in [0.29, 0.717) is 53.6 Å². The first kappa shape index (κ1) is 31.2. The van der Waals surface area contributed by atoms with Crippen LogP contribution in [0.5, 0.6) is 5.75 Å². The minimum atomic E-state index is -0.950. The predicted molar refractivity (Wildman–Crippen MR) is 164 cm³/mol. The van der Waals surface area contributed by atoms with Crippen LogP contribution in [0.1, 0.15) is 55.7 Å². The SMILES string of the molecule is CC1=C2CCCC(OC(=O)NCCOCCO)CCC2C(c2cccc(-c3c(C)c4cc(C)c(O)c(F)c4oc3=O)c2)=NN1. The van der Waals surface area contributed by atoms with E-state index in [-0.39, 0.29) is 30.8 Å². The second-order valence-corrected chi connectivity index (χ2v) is 11.3. The van der Waals surface area contributed by atoms with Crippen LogP contribution in [-0.2, 0) is 9.47 Å². The van der Waals surface area contributed by atoms with Gasteiger partial charge in [0.25, 0.3) is 0 Å². The molecule has 1 aliphatic heterocycles. The van der Waals surface area contributed by atoms with Crippen LogP contribution in [0.25, 0.3) is 22.1 Å². The maximum absolute atomic E-state index is 14.8. The molecule has 5 rings (SSSR count). The summed E-state index contributed by atoms with van der Waals surface area (Å²) in [5.74, 6) is -1.50. The number of amides is 1. The number of nitrogens with one attached hydrogen (secondary N) is 2. The predicted octanol–water partition coefficient (Wildman–Crippen LogP) is 5.19. The molecule has 2 aromatic carbocycles. The zero-order chi connectivity index (χ0) is 31.4. The lowest BCUT2D eigenvalue weighted by molar-refractivity contribution is 0.0723. The van der Waals surface area contributed by atoms with Gasteiger partial charge >= 0.3 is 11.7 Å². The molecule has 1 aliphatic carbocycles.